The van der Waals surface area contributed by atoms with Crippen molar-refractivity contribution >= 4 is 29.2 Å². The highest BCUT2D eigenvalue weighted by molar-refractivity contribution is 14.1. The predicted octanol–water partition coefficient (Wildman–Crippen LogP) is 0.480. The van der Waals surface area contributed by atoms with Crippen LogP contribution in [0.5, 0.6) is 0 Å². The lowest BCUT2D eigenvalue weighted by Gasteiger charge is -1.95. The van der Waals surface area contributed by atoms with E-state index in [0.29, 0.717) is 0 Å². The number of hydrogen-bond acceptors (Lipinski definition) is 2. The molecule has 0 spiro atoms. The minimum absolute atomic E-state index is 0.566. The van der Waals surface area contributed by atoms with Gasteiger partial charge in [0.15, 0.2) is 6.04 Å². The number of nitrogens with zero attached hydrogens (tertiary/aromatic N) is 2. The van der Waals surface area contributed by atoms with Gasteiger partial charge in [-0.05, 0) is 0 Å². The van der Waals surface area contributed by atoms with Crippen LogP contribution in [0, 0.1) is 23.7 Å². The van der Waals surface area contributed by atoms with Crippen molar-refractivity contribution in [1.82, 2.24) is 5.32 Å². The molecule has 0 saturated carbocycles. The average molecular weight is 233 g/mol. The zero-order valence-electron chi connectivity index (χ0n) is 4.50. The van der Waals surface area contributed by atoms with Crippen LogP contribution in [0.4, 0.5) is 0 Å². The van der Waals surface area contributed by atoms with E-state index in [1.54, 1.807) is 22.9 Å². The van der Waals surface area contributed by atoms with Gasteiger partial charge in [-0.15, -0.1) is 6.42 Å². The molecule has 0 amide bonds. The van der Waals surface area contributed by atoms with Gasteiger partial charge in [0.25, 0.3) is 0 Å². The molecule has 0 aliphatic rings. The zero-order valence-corrected chi connectivity index (χ0v) is 6.66. The van der Waals surface area contributed by atoms with Gasteiger partial charge in [-0.25, -0.2) is 3.21 Å². The molecule has 0 rings (SSSR count). The molecule has 0 aromatic rings. The molecule has 1 N–H and O–H groups in total. The fourth-order valence-electron chi connectivity index (χ4n) is 0.225. The third kappa shape index (κ3) is 3.80. The Morgan fingerprint density at radius 2 is 2.56 bits per heavy atom. The molecular weight excluding hydrogens is 229 g/mol. The quantitative estimate of drug-likeness (QED) is 0.326. The molecule has 0 aromatic carbocycles. The lowest BCUT2D eigenvalue weighted by molar-refractivity contribution is 0.942. The van der Waals surface area contributed by atoms with E-state index in [1.165, 1.54) is 6.34 Å². The molecule has 0 saturated heterocycles. The van der Waals surface area contributed by atoms with Crippen LogP contribution in [0.2, 0.25) is 0 Å². The molecule has 0 aliphatic carbocycles. The van der Waals surface area contributed by atoms with E-state index in [-0.39, 0.29) is 0 Å². The van der Waals surface area contributed by atoms with Crippen LogP contribution < -0.4 is 5.32 Å². The predicted molar refractivity (Wildman–Crippen MR) is 43.9 cm³/mol. The monoisotopic (exact) mass is 233 g/mol. The standard InChI is InChI=1S/C5H4IN3/c1-2-5(3-7)8-4-9-6/h1,4-5H,(H,8,9). The van der Waals surface area contributed by atoms with Crippen molar-refractivity contribution in [2.75, 3.05) is 0 Å². The molecule has 1 atom stereocenters. The Kier molecular flexibility index (Phi) is 4.94. The summed E-state index contributed by atoms with van der Waals surface area (Å²) in [6.45, 7) is 0. The van der Waals surface area contributed by atoms with E-state index in [9.17, 15) is 0 Å². The average Bonchev–Trinajstić information content (AvgIpc) is 1.91. The van der Waals surface area contributed by atoms with Crippen LogP contribution in [0.15, 0.2) is 3.21 Å². The van der Waals surface area contributed by atoms with E-state index in [0.717, 1.165) is 0 Å². The maximum atomic E-state index is 8.23. The van der Waals surface area contributed by atoms with Gasteiger partial charge in [0.1, 0.15) is 6.07 Å². The van der Waals surface area contributed by atoms with E-state index in [1.807, 2.05) is 6.07 Å². The topological polar surface area (TPSA) is 48.2 Å². The second kappa shape index (κ2) is 5.39. The first kappa shape index (κ1) is 8.25. The lowest BCUT2D eigenvalue weighted by Crippen LogP contribution is -2.23. The number of halogens is 1. The van der Waals surface area contributed by atoms with Crippen molar-refractivity contribution in [1.29, 1.82) is 5.26 Å². The highest BCUT2D eigenvalue weighted by Crippen LogP contribution is 1.77. The van der Waals surface area contributed by atoms with Crippen LogP contribution in [0.3, 0.4) is 0 Å². The summed E-state index contributed by atoms with van der Waals surface area (Å²) in [4.78, 5) is 0. The highest BCUT2D eigenvalue weighted by Gasteiger charge is 1.94. The van der Waals surface area contributed by atoms with Gasteiger partial charge in [-0.3, -0.25) is 0 Å². The Balaban J connectivity index is 3.64. The molecule has 3 nitrogen and oxygen atoms in total. The summed E-state index contributed by atoms with van der Waals surface area (Å²) >= 11 is 1.78. The fraction of sp³-hybridized carbons (Fsp3) is 0.200. The summed E-state index contributed by atoms with van der Waals surface area (Å²) in [6.07, 6.45) is 6.31. The molecule has 0 heterocycles. The van der Waals surface area contributed by atoms with Crippen LogP contribution >= 0.6 is 22.9 Å². The van der Waals surface area contributed by atoms with Gasteiger partial charge in [0.05, 0.1) is 29.2 Å². The number of nitrogens with one attached hydrogen (secondary N) is 1. The third-order valence-electron chi connectivity index (χ3n) is 0.586. The molecule has 4 heteroatoms. The second-order valence-corrected chi connectivity index (χ2v) is 1.68. The van der Waals surface area contributed by atoms with E-state index < -0.39 is 6.04 Å². The molecule has 0 radical (unpaired) electrons. The minimum atomic E-state index is -0.566. The Labute approximate surface area is 67.7 Å². The SMILES string of the molecule is C#CC(C#N)N/C=N\I. The van der Waals surface area contributed by atoms with Gasteiger partial charge in [-0.2, -0.15) is 5.26 Å². The van der Waals surface area contributed by atoms with Crippen LogP contribution in [-0.4, -0.2) is 12.4 Å². The van der Waals surface area contributed by atoms with Crippen LogP contribution in [-0.2, 0) is 0 Å². The summed E-state index contributed by atoms with van der Waals surface area (Å²) in [5, 5.41) is 10.8. The first-order valence-electron chi connectivity index (χ1n) is 2.09. The fourth-order valence-corrected chi connectivity index (χ4v) is 0.386. The third-order valence-corrected chi connectivity index (χ3v) is 0.864. The Bertz CT molecular complexity index is 160. The minimum Gasteiger partial charge on any atom is -0.350 e. The number of hydrogen-bond donors (Lipinski definition) is 1. The van der Waals surface area contributed by atoms with Crippen molar-refractivity contribution in [2.24, 2.45) is 3.21 Å². The molecule has 0 aliphatic heterocycles. The van der Waals surface area contributed by atoms with Gasteiger partial charge in [0.2, 0.25) is 0 Å². The summed E-state index contributed by atoms with van der Waals surface area (Å²) in [7, 11) is 0. The van der Waals surface area contributed by atoms with Crippen molar-refractivity contribution in [2.45, 2.75) is 6.04 Å². The van der Waals surface area contributed by atoms with Gasteiger partial charge >= 0.3 is 0 Å². The van der Waals surface area contributed by atoms with Crippen LogP contribution in [0.25, 0.3) is 0 Å². The maximum absolute atomic E-state index is 8.23. The normalized spacial score (nSPS) is 11.9. The van der Waals surface area contributed by atoms with Gasteiger partial charge in [-0.1, -0.05) is 5.92 Å². The number of nitriles is 1. The first-order chi connectivity index (χ1) is 4.35. The molecule has 1 unspecified atom stereocenters. The van der Waals surface area contributed by atoms with Crippen molar-refractivity contribution in [3.63, 3.8) is 0 Å². The first-order valence-corrected chi connectivity index (χ1v) is 3.06. The van der Waals surface area contributed by atoms with Crippen LogP contribution in [0.1, 0.15) is 0 Å². The Morgan fingerprint density at radius 1 is 1.89 bits per heavy atom. The van der Waals surface area contributed by atoms with E-state index >= 15 is 0 Å². The smallest absolute Gasteiger partial charge is 0.176 e. The molecule has 0 aromatic heterocycles. The zero-order chi connectivity index (χ0) is 7.11. The molecular formula is C5H4IN3. The maximum Gasteiger partial charge on any atom is 0.176 e. The lowest BCUT2D eigenvalue weighted by atomic mass is 10.4. The van der Waals surface area contributed by atoms with E-state index in [2.05, 4.69) is 14.4 Å². The number of terminal acetylenes is 1. The molecule has 9 heavy (non-hydrogen) atoms. The second-order valence-electron chi connectivity index (χ2n) is 1.12. The van der Waals surface area contributed by atoms with Gasteiger partial charge in [0, 0.05) is 0 Å². The summed E-state index contributed by atoms with van der Waals surface area (Å²) < 4.78 is 3.56. The molecule has 0 bridgehead atoms. The Morgan fingerprint density at radius 3 is 2.89 bits per heavy atom. The molecule has 0 fully saturated rings. The highest BCUT2D eigenvalue weighted by atomic mass is 127. The summed E-state index contributed by atoms with van der Waals surface area (Å²) in [5.41, 5.74) is 0. The van der Waals surface area contributed by atoms with Crippen molar-refractivity contribution in [3.8, 4) is 18.4 Å². The van der Waals surface area contributed by atoms with E-state index in [4.69, 9.17) is 11.7 Å². The summed E-state index contributed by atoms with van der Waals surface area (Å²) in [6, 6.07) is 1.28. The summed E-state index contributed by atoms with van der Waals surface area (Å²) in [5.74, 6) is 2.22. The molecule has 46 valence electrons. The Hall–Kier alpha value is -0.750. The van der Waals surface area contributed by atoms with Gasteiger partial charge < -0.3 is 5.32 Å². The van der Waals surface area contributed by atoms with Crippen molar-refractivity contribution < 1.29 is 0 Å². The largest absolute Gasteiger partial charge is 0.350 e. The number of rotatable bonds is 2. The van der Waals surface area contributed by atoms with Crippen molar-refractivity contribution in [3.05, 3.63) is 0 Å².